The fourth-order valence-corrected chi connectivity index (χ4v) is 0.865. The number of alkyl halides is 1. The second-order valence-corrected chi connectivity index (χ2v) is 2.90. The summed E-state index contributed by atoms with van der Waals surface area (Å²) >= 11 is 2.27. The van der Waals surface area contributed by atoms with E-state index in [1.165, 1.54) is 0 Å². The quantitative estimate of drug-likeness (QED) is 0.438. The van der Waals surface area contributed by atoms with Gasteiger partial charge < -0.3 is 4.74 Å². The molecule has 1 rings (SSSR count). The van der Waals surface area contributed by atoms with Gasteiger partial charge in [-0.25, -0.2) is 0 Å². The SMILES string of the molecule is C[C@@H]1C=CO[C@H]1I. The van der Waals surface area contributed by atoms with Crippen molar-refractivity contribution in [2.75, 3.05) is 0 Å². The lowest BCUT2D eigenvalue weighted by atomic mass is 10.2. The zero-order valence-electron chi connectivity index (χ0n) is 4.10. The van der Waals surface area contributed by atoms with E-state index in [1.807, 2.05) is 0 Å². The molecule has 0 N–H and O–H groups in total. The zero-order valence-corrected chi connectivity index (χ0v) is 6.25. The van der Waals surface area contributed by atoms with Crippen LogP contribution in [-0.4, -0.2) is 4.11 Å². The molecule has 0 unspecified atom stereocenters. The third-order valence-electron chi connectivity index (χ3n) is 1.00. The van der Waals surface area contributed by atoms with Crippen molar-refractivity contribution in [1.82, 2.24) is 0 Å². The van der Waals surface area contributed by atoms with E-state index in [-0.39, 0.29) is 0 Å². The van der Waals surface area contributed by atoms with Crippen LogP contribution in [0.1, 0.15) is 6.92 Å². The molecule has 2 heteroatoms. The zero-order chi connectivity index (χ0) is 5.28. The Labute approximate surface area is 56.9 Å². The van der Waals surface area contributed by atoms with Crippen molar-refractivity contribution in [2.45, 2.75) is 11.0 Å². The highest BCUT2D eigenvalue weighted by Crippen LogP contribution is 2.21. The summed E-state index contributed by atoms with van der Waals surface area (Å²) in [4.78, 5) is 0. The van der Waals surface area contributed by atoms with E-state index in [1.54, 1.807) is 6.26 Å². The fraction of sp³-hybridized carbons (Fsp3) is 0.600. The summed E-state index contributed by atoms with van der Waals surface area (Å²) in [7, 11) is 0. The maximum Gasteiger partial charge on any atom is 0.154 e. The molecule has 1 heterocycles. The van der Waals surface area contributed by atoms with Crippen LogP contribution < -0.4 is 0 Å². The van der Waals surface area contributed by atoms with Crippen molar-refractivity contribution >= 4 is 22.6 Å². The van der Waals surface area contributed by atoms with Crippen LogP contribution in [0, 0.1) is 5.92 Å². The molecule has 1 aliphatic heterocycles. The molecule has 0 aromatic carbocycles. The van der Waals surface area contributed by atoms with Gasteiger partial charge in [-0.05, 0) is 28.7 Å². The molecule has 0 amide bonds. The van der Waals surface area contributed by atoms with Crippen molar-refractivity contribution in [3.63, 3.8) is 0 Å². The van der Waals surface area contributed by atoms with Gasteiger partial charge in [0, 0.05) is 5.92 Å². The van der Waals surface area contributed by atoms with Gasteiger partial charge in [-0.3, -0.25) is 0 Å². The third-order valence-corrected chi connectivity index (χ3v) is 2.43. The number of hydrogen-bond donors (Lipinski definition) is 0. The van der Waals surface area contributed by atoms with Crippen LogP contribution in [0.5, 0.6) is 0 Å². The molecule has 0 saturated carbocycles. The molecular formula is C5H7IO. The van der Waals surface area contributed by atoms with E-state index in [0.717, 1.165) is 0 Å². The summed E-state index contributed by atoms with van der Waals surface area (Å²) in [6.45, 7) is 2.14. The summed E-state index contributed by atoms with van der Waals surface area (Å²) in [5.74, 6) is 0.598. The number of hydrogen-bond acceptors (Lipinski definition) is 1. The fourth-order valence-electron chi connectivity index (χ4n) is 0.456. The summed E-state index contributed by atoms with van der Waals surface area (Å²) < 4.78 is 5.44. The lowest BCUT2D eigenvalue weighted by Gasteiger charge is -2.03. The molecule has 1 aliphatic rings. The van der Waals surface area contributed by atoms with Crippen LogP contribution in [0.3, 0.4) is 0 Å². The maximum atomic E-state index is 5.07. The van der Waals surface area contributed by atoms with Crippen molar-refractivity contribution in [1.29, 1.82) is 0 Å². The highest BCUT2D eigenvalue weighted by atomic mass is 127. The van der Waals surface area contributed by atoms with E-state index in [9.17, 15) is 0 Å². The number of rotatable bonds is 0. The van der Waals surface area contributed by atoms with Crippen molar-refractivity contribution in [3.05, 3.63) is 12.3 Å². The van der Waals surface area contributed by atoms with Gasteiger partial charge in [-0.1, -0.05) is 6.92 Å². The first-order valence-electron chi connectivity index (χ1n) is 2.27. The van der Waals surface area contributed by atoms with Crippen LogP contribution >= 0.6 is 22.6 Å². The van der Waals surface area contributed by atoms with E-state index in [0.29, 0.717) is 10.0 Å². The second-order valence-electron chi connectivity index (χ2n) is 1.67. The molecule has 0 fully saturated rings. The van der Waals surface area contributed by atoms with Gasteiger partial charge in [-0.2, -0.15) is 0 Å². The third kappa shape index (κ3) is 1.08. The van der Waals surface area contributed by atoms with E-state index >= 15 is 0 Å². The average molecular weight is 210 g/mol. The standard InChI is InChI=1S/C5H7IO/c1-4-2-3-7-5(4)6/h2-5H,1H3/t4-,5-/m1/s1. The van der Waals surface area contributed by atoms with Crippen molar-refractivity contribution in [3.8, 4) is 0 Å². The molecule has 0 aliphatic carbocycles. The van der Waals surface area contributed by atoms with Crippen LogP contribution in [0.2, 0.25) is 0 Å². The minimum Gasteiger partial charge on any atom is -0.487 e. The van der Waals surface area contributed by atoms with Gasteiger partial charge in [-0.15, -0.1) is 0 Å². The predicted molar refractivity (Wildman–Crippen MR) is 37.2 cm³/mol. The van der Waals surface area contributed by atoms with Gasteiger partial charge in [0.2, 0.25) is 0 Å². The highest BCUT2D eigenvalue weighted by Gasteiger charge is 2.14. The first-order valence-corrected chi connectivity index (χ1v) is 3.51. The predicted octanol–water partition coefficient (Wildman–Crippen LogP) is 1.93. The van der Waals surface area contributed by atoms with Crippen molar-refractivity contribution in [2.24, 2.45) is 5.92 Å². The van der Waals surface area contributed by atoms with E-state index < -0.39 is 0 Å². The molecule has 0 aromatic heterocycles. The number of halogens is 1. The van der Waals surface area contributed by atoms with Gasteiger partial charge in [0.15, 0.2) is 4.11 Å². The Morgan fingerprint density at radius 2 is 2.43 bits per heavy atom. The van der Waals surface area contributed by atoms with Gasteiger partial charge in [0.05, 0.1) is 6.26 Å². The molecule has 2 atom stereocenters. The molecule has 0 spiro atoms. The first-order chi connectivity index (χ1) is 3.30. The Kier molecular flexibility index (Phi) is 1.57. The summed E-state index contributed by atoms with van der Waals surface area (Å²) in [5.41, 5.74) is 0. The Balaban J connectivity index is 2.45. The molecule has 0 saturated heterocycles. The van der Waals surface area contributed by atoms with Gasteiger partial charge >= 0.3 is 0 Å². The Morgan fingerprint density at radius 1 is 1.71 bits per heavy atom. The smallest absolute Gasteiger partial charge is 0.154 e. The summed E-state index contributed by atoms with van der Waals surface area (Å²) in [6.07, 6.45) is 3.83. The molecule has 1 nitrogen and oxygen atoms in total. The summed E-state index contributed by atoms with van der Waals surface area (Å²) in [6, 6.07) is 0. The van der Waals surface area contributed by atoms with E-state index in [4.69, 9.17) is 4.74 Å². The van der Waals surface area contributed by atoms with Crippen LogP contribution in [0.4, 0.5) is 0 Å². The van der Waals surface area contributed by atoms with E-state index in [2.05, 4.69) is 35.6 Å². The monoisotopic (exact) mass is 210 g/mol. The average Bonchev–Trinajstić information content (AvgIpc) is 1.91. The normalized spacial score (nSPS) is 38.6. The topological polar surface area (TPSA) is 9.23 Å². The molecule has 40 valence electrons. The summed E-state index contributed by atoms with van der Waals surface area (Å²) in [5, 5.41) is 0. The molecule has 0 radical (unpaired) electrons. The van der Waals surface area contributed by atoms with Gasteiger partial charge in [0.25, 0.3) is 0 Å². The molecule has 0 aromatic rings. The van der Waals surface area contributed by atoms with Crippen LogP contribution in [0.25, 0.3) is 0 Å². The first kappa shape index (κ1) is 5.41. The second kappa shape index (κ2) is 2.03. The Hall–Kier alpha value is 0.270. The van der Waals surface area contributed by atoms with Crippen LogP contribution in [0.15, 0.2) is 12.3 Å². The van der Waals surface area contributed by atoms with Crippen LogP contribution in [-0.2, 0) is 4.74 Å². The minimum atomic E-state index is 0.373. The number of ether oxygens (including phenoxy) is 1. The largest absolute Gasteiger partial charge is 0.487 e. The minimum absolute atomic E-state index is 0.373. The lowest BCUT2D eigenvalue weighted by Crippen LogP contribution is -2.01. The Bertz CT molecular complexity index is 90.1. The molecule has 7 heavy (non-hydrogen) atoms. The van der Waals surface area contributed by atoms with Gasteiger partial charge in [0.1, 0.15) is 0 Å². The Morgan fingerprint density at radius 3 is 2.57 bits per heavy atom. The highest BCUT2D eigenvalue weighted by molar-refractivity contribution is 14.1. The lowest BCUT2D eigenvalue weighted by molar-refractivity contribution is 0.237. The molecular weight excluding hydrogens is 203 g/mol. The molecule has 0 bridgehead atoms. The maximum absolute atomic E-state index is 5.07. The van der Waals surface area contributed by atoms with Crippen molar-refractivity contribution < 1.29 is 4.74 Å².